The lowest BCUT2D eigenvalue weighted by molar-refractivity contribution is 0.112. The molecule has 0 spiro atoms. The van der Waals surface area contributed by atoms with Crippen LogP contribution < -0.4 is 0 Å². The summed E-state index contributed by atoms with van der Waals surface area (Å²) < 4.78 is 5.90. The molecule has 4 heteroatoms. The molecule has 0 fully saturated rings. The van der Waals surface area contributed by atoms with E-state index >= 15 is 0 Å². The van der Waals surface area contributed by atoms with Gasteiger partial charge >= 0.3 is 0 Å². The van der Waals surface area contributed by atoms with Gasteiger partial charge in [-0.15, -0.1) is 10.2 Å². The molecule has 0 amide bonds. The van der Waals surface area contributed by atoms with Crippen molar-refractivity contribution < 1.29 is 9.21 Å². The minimum absolute atomic E-state index is 0.481. The number of aldehydes is 1. The quantitative estimate of drug-likeness (QED) is 0.534. The minimum atomic E-state index is 0.481. The van der Waals surface area contributed by atoms with Crippen LogP contribution in [0, 0.1) is 0 Å². The average Bonchev–Trinajstić information content (AvgIpc) is 3.16. The van der Waals surface area contributed by atoms with Crippen LogP contribution in [0.2, 0.25) is 0 Å². The molecule has 3 rings (SSSR count). The molecule has 0 atom stereocenters. The van der Waals surface area contributed by atoms with Crippen molar-refractivity contribution >= 4 is 17.9 Å². The summed E-state index contributed by atoms with van der Waals surface area (Å²) >= 11 is 0. The van der Waals surface area contributed by atoms with E-state index in [1.165, 1.54) is 11.1 Å². The molecule has 2 aromatic carbocycles. The topological polar surface area (TPSA) is 56.0 Å². The van der Waals surface area contributed by atoms with Gasteiger partial charge in [0, 0.05) is 17.2 Å². The Balaban J connectivity index is 1.95. The number of allylic oxidation sites excluding steroid dienone is 1. The fraction of sp³-hybridized carbons (Fsp3) is 0.227. The Morgan fingerprint density at radius 2 is 1.88 bits per heavy atom. The van der Waals surface area contributed by atoms with E-state index in [4.69, 9.17) is 4.42 Å². The highest BCUT2D eigenvalue weighted by Gasteiger charge is 2.12. The number of nitrogens with zero attached hydrogens (tertiary/aromatic N) is 2. The largest absolute Gasteiger partial charge is 0.417 e. The van der Waals surface area contributed by atoms with E-state index in [1.54, 1.807) is 6.07 Å². The highest BCUT2D eigenvalue weighted by atomic mass is 16.4. The number of carbonyl (C=O) groups is 1. The summed E-state index contributed by atoms with van der Waals surface area (Å²) in [4.78, 5) is 11.0. The molecular formula is C22H22N2O2. The van der Waals surface area contributed by atoms with Crippen LogP contribution in [0.1, 0.15) is 54.1 Å². The number of carbonyl (C=O) groups excluding carboxylic acids is 1. The lowest BCUT2D eigenvalue weighted by atomic mass is 10.0. The second kappa shape index (κ2) is 8.39. The summed E-state index contributed by atoms with van der Waals surface area (Å²) in [6, 6.07) is 15.8. The first kappa shape index (κ1) is 17.8. The van der Waals surface area contributed by atoms with Crippen LogP contribution in [0.3, 0.4) is 0 Å². The van der Waals surface area contributed by atoms with Crippen LogP contribution >= 0.6 is 0 Å². The van der Waals surface area contributed by atoms with Crippen molar-refractivity contribution in [2.24, 2.45) is 0 Å². The van der Waals surface area contributed by atoms with Gasteiger partial charge in [0.2, 0.25) is 11.8 Å². The predicted octanol–water partition coefficient (Wildman–Crippen LogP) is 5.45. The number of aryl methyl sites for hydroxylation is 1. The fourth-order valence-corrected chi connectivity index (χ4v) is 2.96. The average molecular weight is 346 g/mol. The minimum Gasteiger partial charge on any atom is -0.417 e. The normalized spacial score (nSPS) is 11.5. The fourth-order valence-electron chi connectivity index (χ4n) is 2.96. The van der Waals surface area contributed by atoms with Crippen molar-refractivity contribution in [1.29, 1.82) is 0 Å². The molecule has 4 nitrogen and oxygen atoms in total. The molecule has 0 saturated carbocycles. The van der Waals surface area contributed by atoms with Gasteiger partial charge in [-0.25, -0.2) is 0 Å². The van der Waals surface area contributed by atoms with E-state index in [9.17, 15) is 4.79 Å². The third-order valence-electron chi connectivity index (χ3n) is 4.28. The molecule has 132 valence electrons. The summed E-state index contributed by atoms with van der Waals surface area (Å²) in [5.41, 5.74) is 4.89. The van der Waals surface area contributed by atoms with Crippen molar-refractivity contribution in [2.45, 2.75) is 33.1 Å². The summed E-state index contributed by atoms with van der Waals surface area (Å²) in [6.45, 7) is 4.19. The first-order chi connectivity index (χ1) is 12.7. The summed E-state index contributed by atoms with van der Waals surface area (Å²) in [5, 5.41) is 8.40. The molecule has 0 unspecified atom stereocenters. The Hall–Kier alpha value is -3.01. The van der Waals surface area contributed by atoms with Gasteiger partial charge in [-0.05, 0) is 41.7 Å². The molecule has 0 aliphatic rings. The third kappa shape index (κ3) is 3.97. The maximum atomic E-state index is 11.0. The Bertz CT molecular complexity index is 911. The molecule has 0 radical (unpaired) electrons. The maximum absolute atomic E-state index is 11.0. The van der Waals surface area contributed by atoms with Crippen molar-refractivity contribution in [3.05, 3.63) is 71.1 Å². The van der Waals surface area contributed by atoms with Gasteiger partial charge < -0.3 is 4.42 Å². The van der Waals surface area contributed by atoms with Crippen LogP contribution in [0.5, 0.6) is 0 Å². The van der Waals surface area contributed by atoms with E-state index in [2.05, 4.69) is 29.3 Å². The van der Waals surface area contributed by atoms with Gasteiger partial charge in [0.15, 0.2) is 0 Å². The van der Waals surface area contributed by atoms with E-state index < -0.39 is 0 Å². The Kier molecular flexibility index (Phi) is 5.74. The van der Waals surface area contributed by atoms with Crippen LogP contribution in [-0.4, -0.2) is 16.5 Å². The van der Waals surface area contributed by atoms with Gasteiger partial charge in [-0.1, -0.05) is 56.7 Å². The molecule has 0 bridgehead atoms. The third-order valence-corrected chi connectivity index (χ3v) is 4.28. The zero-order valence-corrected chi connectivity index (χ0v) is 15.1. The van der Waals surface area contributed by atoms with E-state index in [0.29, 0.717) is 17.3 Å². The maximum Gasteiger partial charge on any atom is 0.248 e. The van der Waals surface area contributed by atoms with Crippen molar-refractivity contribution in [3.8, 4) is 11.5 Å². The van der Waals surface area contributed by atoms with Crippen molar-refractivity contribution in [3.63, 3.8) is 0 Å². The number of rotatable bonds is 7. The Morgan fingerprint density at radius 1 is 1.08 bits per heavy atom. The van der Waals surface area contributed by atoms with Gasteiger partial charge in [-0.2, -0.15) is 0 Å². The summed E-state index contributed by atoms with van der Waals surface area (Å²) in [5.74, 6) is 0.975. The summed E-state index contributed by atoms with van der Waals surface area (Å²) in [7, 11) is 0. The van der Waals surface area contributed by atoms with Crippen LogP contribution in [0.15, 0.2) is 52.9 Å². The number of benzene rings is 2. The van der Waals surface area contributed by atoms with Crippen molar-refractivity contribution in [2.75, 3.05) is 0 Å². The molecule has 0 aliphatic carbocycles. The second-order valence-electron chi connectivity index (χ2n) is 6.12. The van der Waals surface area contributed by atoms with Crippen molar-refractivity contribution in [1.82, 2.24) is 10.2 Å². The highest BCUT2D eigenvalue weighted by molar-refractivity contribution is 5.80. The molecule has 1 aromatic heterocycles. The molecule has 0 aliphatic heterocycles. The smallest absolute Gasteiger partial charge is 0.248 e. The lowest BCUT2D eigenvalue weighted by Gasteiger charge is -2.05. The van der Waals surface area contributed by atoms with Crippen LogP contribution in [-0.2, 0) is 6.42 Å². The summed E-state index contributed by atoms with van der Waals surface area (Å²) in [6.07, 6.45) is 5.57. The Morgan fingerprint density at radius 3 is 2.58 bits per heavy atom. The van der Waals surface area contributed by atoms with E-state index in [0.717, 1.165) is 36.7 Å². The number of hydrogen-bond donors (Lipinski definition) is 0. The zero-order chi connectivity index (χ0) is 18.4. The molecular weight excluding hydrogens is 324 g/mol. The van der Waals surface area contributed by atoms with Gasteiger partial charge in [-0.3, -0.25) is 4.79 Å². The van der Waals surface area contributed by atoms with E-state index in [1.807, 2.05) is 43.3 Å². The molecule has 0 N–H and O–H groups in total. The first-order valence-electron chi connectivity index (χ1n) is 8.93. The van der Waals surface area contributed by atoms with E-state index in [-0.39, 0.29) is 0 Å². The highest BCUT2D eigenvalue weighted by Crippen LogP contribution is 2.27. The molecule has 1 heterocycles. The SMILES string of the molecule is CCC/C(=C\c1nnc(-c2ccc(C=O)cc2CC)o1)c1ccccc1. The lowest BCUT2D eigenvalue weighted by Crippen LogP contribution is -1.91. The number of aromatic nitrogens is 2. The monoisotopic (exact) mass is 346 g/mol. The standard InChI is InChI=1S/C22H22N2O2/c1-3-8-19(18-9-6-5-7-10-18)14-21-23-24-22(26-21)20-12-11-16(15-25)13-17(20)4-2/h5-7,9-15H,3-4,8H2,1-2H3/b19-14+. The molecule has 3 aromatic rings. The van der Waals surface area contributed by atoms with Crippen LogP contribution in [0.25, 0.3) is 23.1 Å². The molecule has 26 heavy (non-hydrogen) atoms. The van der Waals surface area contributed by atoms with Gasteiger partial charge in [0.1, 0.15) is 6.29 Å². The second-order valence-corrected chi connectivity index (χ2v) is 6.12. The van der Waals surface area contributed by atoms with Crippen LogP contribution in [0.4, 0.5) is 0 Å². The first-order valence-corrected chi connectivity index (χ1v) is 8.93. The van der Waals surface area contributed by atoms with Gasteiger partial charge in [0.05, 0.1) is 0 Å². The number of hydrogen-bond acceptors (Lipinski definition) is 4. The van der Waals surface area contributed by atoms with Gasteiger partial charge in [0.25, 0.3) is 0 Å². The predicted molar refractivity (Wildman–Crippen MR) is 104 cm³/mol. The Labute approximate surface area is 153 Å². The molecule has 0 saturated heterocycles. The zero-order valence-electron chi connectivity index (χ0n) is 15.1.